The van der Waals surface area contributed by atoms with Crippen LogP contribution in [0.2, 0.25) is 0 Å². The number of benzene rings is 1. The van der Waals surface area contributed by atoms with Gasteiger partial charge in [0.2, 0.25) is 5.91 Å². The largest absolute Gasteiger partial charge is 0.494 e. The number of amides is 1. The molecule has 0 atom stereocenters. The molecule has 1 amide bonds. The van der Waals surface area contributed by atoms with E-state index in [-0.39, 0.29) is 5.91 Å². The number of hydrogen-bond donors (Lipinski definition) is 1. The SMILES string of the molecule is CCCCCCCCC(=O)Nc1ccc(OCC)cc1. The zero-order chi connectivity index (χ0) is 14.6. The van der Waals surface area contributed by atoms with Crippen LogP contribution in [-0.4, -0.2) is 12.5 Å². The Labute approximate surface area is 122 Å². The van der Waals surface area contributed by atoms with Crippen LogP contribution in [0, 0.1) is 0 Å². The van der Waals surface area contributed by atoms with Gasteiger partial charge in [-0.15, -0.1) is 0 Å². The van der Waals surface area contributed by atoms with Crippen LogP contribution in [0.25, 0.3) is 0 Å². The summed E-state index contributed by atoms with van der Waals surface area (Å²) >= 11 is 0. The monoisotopic (exact) mass is 277 g/mol. The normalized spacial score (nSPS) is 10.3. The molecule has 0 bridgehead atoms. The van der Waals surface area contributed by atoms with Crippen molar-refractivity contribution in [3.63, 3.8) is 0 Å². The number of carbonyl (C=O) groups excluding carboxylic acids is 1. The average Bonchev–Trinajstić information content (AvgIpc) is 2.45. The molecule has 0 aliphatic heterocycles. The summed E-state index contributed by atoms with van der Waals surface area (Å²) in [5.74, 6) is 0.936. The number of hydrogen-bond acceptors (Lipinski definition) is 2. The van der Waals surface area contributed by atoms with Gasteiger partial charge in [-0.1, -0.05) is 39.0 Å². The van der Waals surface area contributed by atoms with Crippen LogP contribution in [0.15, 0.2) is 24.3 Å². The van der Waals surface area contributed by atoms with Gasteiger partial charge in [0.25, 0.3) is 0 Å². The lowest BCUT2D eigenvalue weighted by atomic mass is 10.1. The van der Waals surface area contributed by atoms with E-state index < -0.39 is 0 Å². The number of nitrogens with one attached hydrogen (secondary N) is 1. The molecule has 112 valence electrons. The highest BCUT2D eigenvalue weighted by Gasteiger charge is 2.02. The van der Waals surface area contributed by atoms with Gasteiger partial charge in [0.15, 0.2) is 0 Å². The minimum Gasteiger partial charge on any atom is -0.494 e. The lowest BCUT2D eigenvalue weighted by Crippen LogP contribution is -2.10. The van der Waals surface area contributed by atoms with Crippen LogP contribution >= 0.6 is 0 Å². The fourth-order valence-corrected chi connectivity index (χ4v) is 2.09. The number of ether oxygens (including phenoxy) is 1. The Kier molecular flexibility index (Phi) is 8.52. The van der Waals surface area contributed by atoms with Crippen LogP contribution in [-0.2, 0) is 4.79 Å². The average molecular weight is 277 g/mol. The zero-order valence-electron chi connectivity index (χ0n) is 12.8. The van der Waals surface area contributed by atoms with Crippen LogP contribution in [0.5, 0.6) is 5.75 Å². The first kappa shape index (κ1) is 16.5. The van der Waals surface area contributed by atoms with E-state index in [1.807, 2.05) is 31.2 Å². The molecule has 1 aromatic carbocycles. The summed E-state index contributed by atoms with van der Waals surface area (Å²) in [5, 5.41) is 2.92. The Morgan fingerprint density at radius 1 is 1.00 bits per heavy atom. The van der Waals surface area contributed by atoms with E-state index in [0.29, 0.717) is 13.0 Å². The summed E-state index contributed by atoms with van der Waals surface area (Å²) in [6.07, 6.45) is 7.83. The van der Waals surface area contributed by atoms with E-state index in [4.69, 9.17) is 4.74 Å². The maximum Gasteiger partial charge on any atom is 0.224 e. The highest BCUT2D eigenvalue weighted by Crippen LogP contribution is 2.16. The Morgan fingerprint density at radius 3 is 2.30 bits per heavy atom. The Balaban J connectivity index is 2.18. The van der Waals surface area contributed by atoms with Crippen molar-refractivity contribution in [2.24, 2.45) is 0 Å². The van der Waals surface area contributed by atoms with Gasteiger partial charge in [-0.3, -0.25) is 4.79 Å². The second-order valence-electron chi connectivity index (χ2n) is 5.02. The van der Waals surface area contributed by atoms with Crippen molar-refractivity contribution in [1.82, 2.24) is 0 Å². The molecule has 0 heterocycles. The number of carbonyl (C=O) groups is 1. The van der Waals surface area contributed by atoms with E-state index in [0.717, 1.165) is 24.3 Å². The fourth-order valence-electron chi connectivity index (χ4n) is 2.09. The van der Waals surface area contributed by atoms with Crippen molar-refractivity contribution in [1.29, 1.82) is 0 Å². The van der Waals surface area contributed by atoms with Gasteiger partial charge in [-0.05, 0) is 37.6 Å². The zero-order valence-corrected chi connectivity index (χ0v) is 12.8. The molecule has 0 fully saturated rings. The maximum atomic E-state index is 11.8. The minimum atomic E-state index is 0.102. The molecule has 0 radical (unpaired) electrons. The van der Waals surface area contributed by atoms with Gasteiger partial charge in [-0.25, -0.2) is 0 Å². The molecule has 0 unspecified atom stereocenters. The second-order valence-corrected chi connectivity index (χ2v) is 5.02. The molecular weight excluding hydrogens is 250 g/mol. The van der Waals surface area contributed by atoms with Crippen molar-refractivity contribution >= 4 is 11.6 Å². The Morgan fingerprint density at radius 2 is 1.65 bits per heavy atom. The smallest absolute Gasteiger partial charge is 0.224 e. The molecule has 3 nitrogen and oxygen atoms in total. The van der Waals surface area contributed by atoms with Gasteiger partial charge in [0, 0.05) is 12.1 Å². The topological polar surface area (TPSA) is 38.3 Å². The number of unbranched alkanes of at least 4 members (excludes halogenated alkanes) is 5. The lowest BCUT2D eigenvalue weighted by Gasteiger charge is -2.07. The maximum absolute atomic E-state index is 11.8. The van der Waals surface area contributed by atoms with Gasteiger partial charge in [0.05, 0.1) is 6.61 Å². The molecular formula is C17H27NO2. The van der Waals surface area contributed by atoms with Crippen molar-refractivity contribution in [3.8, 4) is 5.75 Å². The molecule has 0 saturated carbocycles. The Bertz CT molecular complexity index is 373. The molecule has 1 rings (SSSR count). The fraction of sp³-hybridized carbons (Fsp3) is 0.588. The standard InChI is InChI=1S/C17H27NO2/c1-3-5-6-7-8-9-10-17(19)18-15-11-13-16(14-12-15)20-4-2/h11-14H,3-10H2,1-2H3,(H,18,19). The summed E-state index contributed by atoms with van der Waals surface area (Å²) in [4.78, 5) is 11.8. The van der Waals surface area contributed by atoms with E-state index in [1.54, 1.807) is 0 Å². The van der Waals surface area contributed by atoms with Crippen molar-refractivity contribution < 1.29 is 9.53 Å². The van der Waals surface area contributed by atoms with Gasteiger partial charge < -0.3 is 10.1 Å². The second kappa shape index (κ2) is 10.3. The molecule has 0 spiro atoms. The van der Waals surface area contributed by atoms with Crippen LogP contribution < -0.4 is 10.1 Å². The summed E-state index contributed by atoms with van der Waals surface area (Å²) in [5.41, 5.74) is 0.837. The Hall–Kier alpha value is -1.51. The van der Waals surface area contributed by atoms with Crippen LogP contribution in [0.3, 0.4) is 0 Å². The third-order valence-corrected chi connectivity index (χ3v) is 3.21. The third kappa shape index (κ3) is 7.17. The van der Waals surface area contributed by atoms with Crippen molar-refractivity contribution in [2.75, 3.05) is 11.9 Å². The predicted octanol–water partition coefficient (Wildman–Crippen LogP) is 4.77. The van der Waals surface area contributed by atoms with Gasteiger partial charge >= 0.3 is 0 Å². The lowest BCUT2D eigenvalue weighted by molar-refractivity contribution is -0.116. The summed E-state index contributed by atoms with van der Waals surface area (Å²) in [6, 6.07) is 7.52. The first-order chi connectivity index (χ1) is 9.76. The van der Waals surface area contributed by atoms with E-state index in [2.05, 4.69) is 12.2 Å². The van der Waals surface area contributed by atoms with Crippen molar-refractivity contribution in [3.05, 3.63) is 24.3 Å². The van der Waals surface area contributed by atoms with Gasteiger partial charge in [0.1, 0.15) is 5.75 Å². The molecule has 0 aromatic heterocycles. The molecule has 0 aliphatic carbocycles. The molecule has 20 heavy (non-hydrogen) atoms. The number of anilines is 1. The highest BCUT2D eigenvalue weighted by molar-refractivity contribution is 5.90. The first-order valence-corrected chi connectivity index (χ1v) is 7.79. The molecule has 1 aromatic rings. The predicted molar refractivity (Wildman–Crippen MR) is 84.2 cm³/mol. The quantitative estimate of drug-likeness (QED) is 0.625. The number of rotatable bonds is 10. The third-order valence-electron chi connectivity index (χ3n) is 3.21. The molecule has 0 saturated heterocycles. The summed E-state index contributed by atoms with van der Waals surface area (Å²) < 4.78 is 5.36. The molecule has 3 heteroatoms. The van der Waals surface area contributed by atoms with E-state index >= 15 is 0 Å². The van der Waals surface area contributed by atoms with E-state index in [1.165, 1.54) is 25.7 Å². The summed E-state index contributed by atoms with van der Waals surface area (Å²) in [7, 11) is 0. The van der Waals surface area contributed by atoms with Gasteiger partial charge in [-0.2, -0.15) is 0 Å². The van der Waals surface area contributed by atoms with Crippen molar-refractivity contribution in [2.45, 2.75) is 58.8 Å². The van der Waals surface area contributed by atoms with Crippen LogP contribution in [0.1, 0.15) is 58.8 Å². The molecule has 0 aliphatic rings. The molecule has 1 N–H and O–H groups in total. The summed E-state index contributed by atoms with van der Waals surface area (Å²) in [6.45, 7) is 4.82. The van der Waals surface area contributed by atoms with Crippen LogP contribution in [0.4, 0.5) is 5.69 Å². The highest BCUT2D eigenvalue weighted by atomic mass is 16.5. The minimum absolute atomic E-state index is 0.102. The van der Waals surface area contributed by atoms with E-state index in [9.17, 15) is 4.79 Å². The first-order valence-electron chi connectivity index (χ1n) is 7.79.